The first kappa shape index (κ1) is 18.8. The first-order valence-corrected chi connectivity index (χ1v) is 9.56. The van der Waals surface area contributed by atoms with Crippen LogP contribution < -0.4 is 10.2 Å². The van der Waals surface area contributed by atoms with E-state index in [1.165, 1.54) is 12.1 Å². The third-order valence-electron chi connectivity index (χ3n) is 4.83. The molecule has 8 nitrogen and oxygen atoms in total. The van der Waals surface area contributed by atoms with E-state index in [1.54, 1.807) is 12.5 Å². The number of anilines is 1. The van der Waals surface area contributed by atoms with Crippen molar-refractivity contribution in [1.82, 2.24) is 24.8 Å². The highest BCUT2D eigenvalue weighted by Gasteiger charge is 2.24. The Bertz CT molecular complexity index is 1050. The van der Waals surface area contributed by atoms with Gasteiger partial charge in [-0.25, -0.2) is 9.97 Å². The molecule has 1 fully saturated rings. The zero-order valence-electron chi connectivity index (χ0n) is 15.1. The number of phenols is 1. The second kappa shape index (κ2) is 7.44. The molecule has 146 valence electrons. The molecule has 1 aliphatic heterocycles. The molecule has 4 rings (SSSR count). The van der Waals surface area contributed by atoms with Crippen LogP contribution in [0, 0.1) is 0 Å². The molecule has 1 saturated heterocycles. The lowest BCUT2D eigenvalue weighted by molar-refractivity contribution is 0.0928. The topological polar surface area (TPSA) is 96.2 Å². The van der Waals surface area contributed by atoms with Gasteiger partial charge in [-0.2, -0.15) is 4.98 Å². The van der Waals surface area contributed by atoms with Crippen molar-refractivity contribution >= 4 is 46.2 Å². The van der Waals surface area contributed by atoms with Gasteiger partial charge >= 0.3 is 0 Å². The quantitative estimate of drug-likeness (QED) is 0.675. The van der Waals surface area contributed by atoms with Crippen molar-refractivity contribution in [3.05, 3.63) is 40.3 Å². The molecule has 10 heteroatoms. The van der Waals surface area contributed by atoms with E-state index in [0.29, 0.717) is 24.1 Å². The molecule has 0 saturated carbocycles. The maximum Gasteiger partial charge on any atom is 0.255 e. The predicted octanol–water partition coefficient (Wildman–Crippen LogP) is 2.77. The standard InChI is InChI=1S/C18H18Cl2N6O2/c1-25-9-22-14-8-21-18(24-16(14)25)26-4-2-11(3-5-26)23-17(28)12-6-10(19)7-13(20)15(12)27/h6-9,11,27H,2-5H2,1H3,(H,23,28). The van der Waals surface area contributed by atoms with Gasteiger partial charge in [0.25, 0.3) is 5.91 Å². The van der Waals surface area contributed by atoms with E-state index < -0.39 is 5.91 Å². The van der Waals surface area contributed by atoms with Crippen LogP contribution in [0.3, 0.4) is 0 Å². The lowest BCUT2D eigenvalue weighted by atomic mass is 10.0. The highest BCUT2D eigenvalue weighted by atomic mass is 35.5. The largest absolute Gasteiger partial charge is 0.506 e. The lowest BCUT2D eigenvalue weighted by Gasteiger charge is -2.32. The van der Waals surface area contributed by atoms with E-state index >= 15 is 0 Å². The summed E-state index contributed by atoms with van der Waals surface area (Å²) in [5.74, 6) is -0.00747. The molecular weight excluding hydrogens is 403 g/mol. The van der Waals surface area contributed by atoms with Crippen LogP contribution in [-0.2, 0) is 7.05 Å². The highest BCUT2D eigenvalue weighted by molar-refractivity contribution is 6.36. The first-order valence-electron chi connectivity index (χ1n) is 8.80. The number of amides is 1. The van der Waals surface area contributed by atoms with Crippen LogP contribution in [0.1, 0.15) is 23.2 Å². The molecule has 0 bridgehead atoms. The summed E-state index contributed by atoms with van der Waals surface area (Å²) in [6, 6.07) is 2.78. The van der Waals surface area contributed by atoms with Gasteiger partial charge in [-0.05, 0) is 25.0 Å². The van der Waals surface area contributed by atoms with E-state index in [0.717, 1.165) is 24.0 Å². The van der Waals surface area contributed by atoms with Crippen molar-refractivity contribution in [2.75, 3.05) is 18.0 Å². The normalized spacial score (nSPS) is 15.2. The van der Waals surface area contributed by atoms with E-state index in [9.17, 15) is 9.90 Å². The monoisotopic (exact) mass is 420 g/mol. The third kappa shape index (κ3) is 3.57. The molecule has 28 heavy (non-hydrogen) atoms. The fourth-order valence-electron chi connectivity index (χ4n) is 3.29. The van der Waals surface area contributed by atoms with Gasteiger partial charge in [-0.1, -0.05) is 23.2 Å². The molecule has 0 aliphatic carbocycles. The van der Waals surface area contributed by atoms with E-state index in [1.807, 2.05) is 11.6 Å². The number of aryl methyl sites for hydroxylation is 1. The highest BCUT2D eigenvalue weighted by Crippen LogP contribution is 2.31. The number of carbonyl (C=O) groups excluding carboxylic acids is 1. The third-order valence-corrected chi connectivity index (χ3v) is 5.33. The van der Waals surface area contributed by atoms with Crippen LogP contribution in [-0.4, -0.2) is 49.7 Å². The van der Waals surface area contributed by atoms with Gasteiger partial charge < -0.3 is 19.9 Å². The van der Waals surface area contributed by atoms with Crippen molar-refractivity contribution in [3.8, 4) is 5.75 Å². The Labute approximate surface area is 171 Å². The van der Waals surface area contributed by atoms with Gasteiger partial charge in [-0.3, -0.25) is 4.79 Å². The Morgan fingerprint density at radius 1 is 1.25 bits per heavy atom. The van der Waals surface area contributed by atoms with Crippen molar-refractivity contribution in [1.29, 1.82) is 0 Å². The number of rotatable bonds is 3. The minimum absolute atomic E-state index is 0.0265. The summed E-state index contributed by atoms with van der Waals surface area (Å²) in [6.07, 6.45) is 4.89. The number of carbonyl (C=O) groups is 1. The van der Waals surface area contributed by atoms with E-state index in [2.05, 4.69) is 25.2 Å². The number of aromatic hydroxyl groups is 1. The molecule has 2 N–H and O–H groups in total. The van der Waals surface area contributed by atoms with Crippen LogP contribution in [0.2, 0.25) is 10.0 Å². The number of phenolic OH excluding ortho intramolecular Hbond substituents is 1. The summed E-state index contributed by atoms with van der Waals surface area (Å²) in [6.45, 7) is 1.41. The van der Waals surface area contributed by atoms with Crippen molar-refractivity contribution in [2.24, 2.45) is 7.05 Å². The molecule has 3 aromatic rings. The fraction of sp³-hybridized carbons (Fsp3) is 0.333. The summed E-state index contributed by atoms with van der Waals surface area (Å²) in [4.78, 5) is 27.8. The number of imidazole rings is 1. The number of halogens is 2. The molecule has 3 heterocycles. The summed E-state index contributed by atoms with van der Waals surface area (Å²) in [7, 11) is 1.89. The zero-order valence-corrected chi connectivity index (χ0v) is 16.6. The van der Waals surface area contributed by atoms with E-state index in [-0.39, 0.29) is 22.4 Å². The lowest BCUT2D eigenvalue weighted by Crippen LogP contribution is -2.45. The minimum atomic E-state index is -0.395. The van der Waals surface area contributed by atoms with Crippen LogP contribution in [0.4, 0.5) is 5.95 Å². The van der Waals surface area contributed by atoms with Gasteiger partial charge in [0.1, 0.15) is 11.3 Å². The molecule has 0 radical (unpaired) electrons. The SMILES string of the molecule is Cn1cnc2cnc(N3CCC(NC(=O)c4cc(Cl)cc(Cl)c4O)CC3)nc21. The Morgan fingerprint density at radius 2 is 2.00 bits per heavy atom. The van der Waals surface area contributed by atoms with E-state index in [4.69, 9.17) is 23.2 Å². The number of hydrogen-bond donors (Lipinski definition) is 2. The number of benzene rings is 1. The van der Waals surface area contributed by atoms with Gasteiger partial charge in [0.15, 0.2) is 5.65 Å². The maximum absolute atomic E-state index is 12.5. The Morgan fingerprint density at radius 3 is 2.75 bits per heavy atom. The molecule has 2 aromatic heterocycles. The zero-order chi connectivity index (χ0) is 19.8. The minimum Gasteiger partial charge on any atom is -0.506 e. The average molecular weight is 421 g/mol. The summed E-state index contributed by atoms with van der Waals surface area (Å²) in [5.41, 5.74) is 1.62. The second-order valence-corrected chi connectivity index (χ2v) is 7.60. The smallest absolute Gasteiger partial charge is 0.255 e. The Balaban J connectivity index is 1.41. The molecular formula is C18H18Cl2N6O2. The Hall–Kier alpha value is -2.58. The van der Waals surface area contributed by atoms with Crippen LogP contribution in [0.5, 0.6) is 5.75 Å². The molecule has 0 unspecified atom stereocenters. The number of nitrogens with one attached hydrogen (secondary N) is 1. The number of aromatic nitrogens is 4. The first-order chi connectivity index (χ1) is 13.4. The molecule has 1 amide bonds. The van der Waals surface area contributed by atoms with Gasteiger partial charge in [0.05, 0.1) is 23.1 Å². The molecule has 0 spiro atoms. The van der Waals surface area contributed by atoms with Gasteiger partial charge in [0, 0.05) is 31.2 Å². The second-order valence-electron chi connectivity index (χ2n) is 6.75. The summed E-state index contributed by atoms with van der Waals surface area (Å²) < 4.78 is 1.86. The van der Waals surface area contributed by atoms with Crippen LogP contribution in [0.15, 0.2) is 24.7 Å². The van der Waals surface area contributed by atoms with Crippen molar-refractivity contribution in [2.45, 2.75) is 18.9 Å². The average Bonchev–Trinajstić information content (AvgIpc) is 3.05. The molecule has 1 aliphatic rings. The van der Waals surface area contributed by atoms with Gasteiger partial charge in [-0.15, -0.1) is 0 Å². The number of nitrogens with zero attached hydrogens (tertiary/aromatic N) is 5. The van der Waals surface area contributed by atoms with Crippen molar-refractivity contribution in [3.63, 3.8) is 0 Å². The number of fused-ring (bicyclic) bond motifs is 1. The number of hydrogen-bond acceptors (Lipinski definition) is 6. The molecule has 0 atom stereocenters. The Kier molecular flexibility index (Phi) is 4.99. The van der Waals surface area contributed by atoms with Crippen LogP contribution in [0.25, 0.3) is 11.2 Å². The summed E-state index contributed by atoms with van der Waals surface area (Å²) >= 11 is 11.8. The number of piperidine rings is 1. The van der Waals surface area contributed by atoms with Crippen molar-refractivity contribution < 1.29 is 9.90 Å². The summed E-state index contributed by atoms with van der Waals surface area (Å²) in [5, 5.41) is 13.3. The predicted molar refractivity (Wildman–Crippen MR) is 107 cm³/mol. The maximum atomic E-state index is 12.5. The van der Waals surface area contributed by atoms with Gasteiger partial charge in [0.2, 0.25) is 5.95 Å². The fourth-order valence-corrected chi connectivity index (χ4v) is 3.78. The molecule has 1 aromatic carbocycles. The van der Waals surface area contributed by atoms with Crippen LogP contribution >= 0.6 is 23.2 Å².